The molecule has 2 aromatic carbocycles. The zero-order valence-electron chi connectivity index (χ0n) is 42.1. The Morgan fingerprint density at radius 3 is 2.30 bits per heavy atom. The van der Waals surface area contributed by atoms with Gasteiger partial charge < -0.3 is 35.2 Å². The highest BCUT2D eigenvalue weighted by Gasteiger charge is 2.45. The fourth-order valence-corrected chi connectivity index (χ4v) is 10.5. The van der Waals surface area contributed by atoms with Crippen LogP contribution in [0.25, 0.3) is 10.4 Å². The number of rotatable bonds is 17. The van der Waals surface area contributed by atoms with Gasteiger partial charge in [-0.2, -0.15) is 18.4 Å². The van der Waals surface area contributed by atoms with E-state index < -0.39 is 69.8 Å². The molecule has 0 radical (unpaired) electrons. The van der Waals surface area contributed by atoms with E-state index in [9.17, 15) is 42.7 Å². The Hall–Kier alpha value is -5.92. The molecule has 2 aliphatic rings. The highest BCUT2D eigenvalue weighted by molar-refractivity contribution is 7.81. The van der Waals surface area contributed by atoms with Gasteiger partial charge in [-0.3, -0.25) is 29.1 Å². The molecule has 2 aromatic heterocycles. The summed E-state index contributed by atoms with van der Waals surface area (Å²) in [5.74, 6) is -2.94. The number of unbranched alkanes of at least 4 members (excludes halogenated alkanes) is 1. The Labute approximate surface area is 432 Å². The van der Waals surface area contributed by atoms with Gasteiger partial charge in [0.2, 0.25) is 24.1 Å². The summed E-state index contributed by atoms with van der Waals surface area (Å²) in [5.41, 5.74) is 0.933. The zero-order chi connectivity index (χ0) is 53.4. The molecule has 3 N–H and O–H groups in total. The number of ether oxygens (including phenoxy) is 1. The number of piperidine rings is 1. The average molecular weight is 1050 g/mol. The monoisotopic (exact) mass is 1050 g/mol. The van der Waals surface area contributed by atoms with Crippen LogP contribution in [0.5, 0.6) is 0 Å². The fraction of sp³-hybridized carbons (Fsp3) is 0.500. The van der Waals surface area contributed by atoms with Crippen LogP contribution in [0.2, 0.25) is 0 Å². The van der Waals surface area contributed by atoms with Crippen LogP contribution in [-0.4, -0.2) is 117 Å². The number of carbonyl (C=O) groups excluding carboxylic acids is 4. The number of aryl methyl sites for hydroxylation is 1. The van der Waals surface area contributed by atoms with Crippen LogP contribution in [0.3, 0.4) is 0 Å². The number of carbonyl (C=O) groups is 4. The fourth-order valence-electron chi connectivity index (χ4n) is 9.13. The van der Waals surface area contributed by atoms with Crippen LogP contribution in [0.15, 0.2) is 60.2 Å². The van der Waals surface area contributed by atoms with Gasteiger partial charge in [-0.15, -0.1) is 11.3 Å². The number of halogens is 4. The molecule has 6 rings (SSSR count). The van der Waals surface area contributed by atoms with Gasteiger partial charge in [0.15, 0.2) is 10.9 Å². The normalized spacial score (nSPS) is 17.2. The van der Waals surface area contributed by atoms with Gasteiger partial charge in [-0.25, -0.2) is 9.37 Å². The van der Waals surface area contributed by atoms with E-state index in [-0.39, 0.29) is 49.5 Å². The maximum Gasteiger partial charge on any atom is 0.420 e. The third-order valence-corrected chi connectivity index (χ3v) is 14.3. The third-order valence-electron chi connectivity index (χ3n) is 13.0. The van der Waals surface area contributed by atoms with E-state index in [4.69, 9.17) is 21.9 Å². The number of anilines is 2. The second-order valence-corrected chi connectivity index (χ2v) is 21.7. The number of alkyl halides is 3. The maximum absolute atomic E-state index is 15.4. The number of nitrogens with one attached hydrogen (secondary N) is 2. The smallest absolute Gasteiger partial charge is 0.391 e. The molecule has 2 saturated heterocycles. The number of thiazole rings is 1. The van der Waals surface area contributed by atoms with Crippen molar-refractivity contribution in [1.29, 1.82) is 5.26 Å². The number of nitriles is 1. The van der Waals surface area contributed by atoms with Gasteiger partial charge in [0, 0.05) is 43.3 Å². The molecule has 4 aromatic rings. The van der Waals surface area contributed by atoms with Gasteiger partial charge in [-0.1, -0.05) is 45.0 Å². The molecule has 2 fully saturated rings. The SMILES string of the molecule is Cc1ncsc1-c1ccc(CNC(=O)[C@@H]2C[C@@H](O)CN2C(=O)[C@@H](NC(=O)COCCCCN2CCC(c3ccc(N(C(=S)N(C=O)c4ccc(C#N)c(C(F)(F)F)c4F)C(C)(C)C)cn3)CC2)C(C)(C)C)cc1. The first-order chi connectivity index (χ1) is 34.4. The molecule has 4 amide bonds. The Balaban J connectivity index is 0.934. The van der Waals surface area contributed by atoms with E-state index in [1.807, 2.05) is 58.0 Å². The van der Waals surface area contributed by atoms with Crippen LogP contribution in [0.4, 0.5) is 28.9 Å². The largest absolute Gasteiger partial charge is 0.420 e. The van der Waals surface area contributed by atoms with Gasteiger partial charge in [0.25, 0.3) is 0 Å². The number of aromatic nitrogens is 2. The molecule has 4 heterocycles. The third kappa shape index (κ3) is 14.0. The van der Waals surface area contributed by atoms with Gasteiger partial charge in [-0.05, 0) is 126 Å². The molecule has 0 aliphatic carbocycles. The Morgan fingerprint density at radius 2 is 1.73 bits per heavy atom. The molecule has 73 heavy (non-hydrogen) atoms. The number of pyridine rings is 1. The summed E-state index contributed by atoms with van der Waals surface area (Å²) < 4.78 is 62.6. The molecule has 2 aliphatic heterocycles. The first-order valence-electron chi connectivity index (χ1n) is 24.1. The molecule has 0 bridgehead atoms. The molecule has 15 nitrogen and oxygen atoms in total. The summed E-state index contributed by atoms with van der Waals surface area (Å²) in [7, 11) is 0. The van der Waals surface area contributed by atoms with Crippen molar-refractivity contribution in [2.75, 3.05) is 49.2 Å². The lowest BCUT2D eigenvalue weighted by molar-refractivity contribution is -0.144. The minimum Gasteiger partial charge on any atom is -0.391 e. The standard InChI is InChI=1S/C52H63F4N9O6S2/c1-32-45(73-30-60-32)35-12-10-33(11-13-35)26-59-47(69)41-24-38(67)28-63(41)48(70)46(50(2,3)4)61-42(68)29-71-23-9-8-20-62-21-18-34(19-22-62)39-16-15-37(27-58-39)65(51(5,6)7)49(72)64(31-66)40-17-14-36(25-57)43(44(40)53)52(54,55)56/h10-17,27,30-31,34,38,41,46,67H,8-9,18-24,26,28-29H2,1-7H3,(H,59,69)(H,61,68)/t38-,41+,46-/m1/s1. The summed E-state index contributed by atoms with van der Waals surface area (Å²) in [6.07, 6.45) is -1.11. The van der Waals surface area contributed by atoms with Crippen molar-refractivity contribution in [3.63, 3.8) is 0 Å². The van der Waals surface area contributed by atoms with Crippen molar-refractivity contribution >= 4 is 64.2 Å². The average Bonchev–Trinajstić information content (AvgIpc) is 3.95. The number of thiocarbonyl (C=S) groups is 1. The minimum absolute atomic E-state index is 0.0336. The van der Waals surface area contributed by atoms with Crippen molar-refractivity contribution in [2.45, 2.75) is 123 Å². The van der Waals surface area contributed by atoms with E-state index >= 15 is 4.39 Å². The quantitative estimate of drug-likeness (QED) is 0.0403. The minimum atomic E-state index is -5.20. The molecule has 392 valence electrons. The highest BCUT2D eigenvalue weighted by atomic mass is 32.1. The Kier molecular flexibility index (Phi) is 18.5. The van der Waals surface area contributed by atoms with E-state index in [1.54, 1.807) is 49.9 Å². The number of aliphatic hydroxyl groups is 1. The van der Waals surface area contributed by atoms with Gasteiger partial charge >= 0.3 is 6.18 Å². The maximum atomic E-state index is 15.4. The number of hydrogen-bond donors (Lipinski definition) is 3. The van der Waals surface area contributed by atoms with Crippen LogP contribution in [-0.2, 0) is 36.6 Å². The summed E-state index contributed by atoms with van der Waals surface area (Å²) in [4.78, 5) is 68.9. The van der Waals surface area contributed by atoms with Crippen LogP contribution >= 0.6 is 23.6 Å². The predicted octanol–water partition coefficient (Wildman–Crippen LogP) is 7.88. The first-order valence-corrected chi connectivity index (χ1v) is 25.4. The van der Waals surface area contributed by atoms with Crippen molar-refractivity contribution in [2.24, 2.45) is 5.41 Å². The van der Waals surface area contributed by atoms with Crippen LogP contribution in [0.1, 0.15) is 108 Å². The van der Waals surface area contributed by atoms with Crippen molar-refractivity contribution in [3.8, 4) is 16.5 Å². The number of β-amino-alcohol motifs (C(OH)–C–C–N with tert-alkyl or cyclic N) is 1. The molecular formula is C52H63F4N9O6S2. The van der Waals surface area contributed by atoms with E-state index in [1.165, 1.54) is 15.9 Å². The number of amides is 4. The van der Waals surface area contributed by atoms with Crippen LogP contribution < -0.4 is 20.4 Å². The van der Waals surface area contributed by atoms with E-state index in [0.29, 0.717) is 23.6 Å². The summed E-state index contributed by atoms with van der Waals surface area (Å²) in [5, 5.41) is 25.3. The summed E-state index contributed by atoms with van der Waals surface area (Å²) in [6.45, 7) is 15.5. The number of benzene rings is 2. The lowest BCUT2D eigenvalue weighted by Crippen LogP contribution is -2.58. The number of likely N-dealkylation sites (tertiary alicyclic amines) is 2. The molecule has 0 saturated carbocycles. The molecule has 0 spiro atoms. The second-order valence-electron chi connectivity index (χ2n) is 20.5. The Morgan fingerprint density at radius 1 is 1.03 bits per heavy atom. The van der Waals surface area contributed by atoms with E-state index in [2.05, 4.69) is 20.5 Å². The number of nitrogens with zero attached hydrogens (tertiary/aromatic N) is 7. The second kappa shape index (κ2) is 24.0. The van der Waals surface area contributed by atoms with Gasteiger partial charge in [0.1, 0.15) is 24.3 Å². The zero-order valence-corrected chi connectivity index (χ0v) is 43.7. The topological polar surface area (TPSA) is 184 Å². The molecule has 21 heteroatoms. The predicted molar refractivity (Wildman–Crippen MR) is 274 cm³/mol. The van der Waals surface area contributed by atoms with Crippen molar-refractivity contribution in [3.05, 3.63) is 94.1 Å². The van der Waals surface area contributed by atoms with E-state index in [0.717, 1.165) is 78.4 Å². The molecular weight excluding hydrogens is 987 g/mol. The summed E-state index contributed by atoms with van der Waals surface area (Å²) >= 11 is 7.18. The summed E-state index contributed by atoms with van der Waals surface area (Å²) in [6, 6.07) is 12.6. The Bertz CT molecular complexity index is 2640. The molecule has 3 atom stereocenters. The molecule has 0 unspecified atom stereocenters. The van der Waals surface area contributed by atoms with Crippen molar-refractivity contribution < 1.29 is 46.6 Å². The van der Waals surface area contributed by atoms with Crippen LogP contribution in [0, 0.1) is 29.5 Å². The lowest BCUT2D eigenvalue weighted by Gasteiger charge is -2.40. The van der Waals surface area contributed by atoms with Gasteiger partial charge in [0.05, 0.1) is 51.4 Å². The lowest BCUT2D eigenvalue weighted by atomic mass is 9.85. The van der Waals surface area contributed by atoms with Crippen molar-refractivity contribution in [1.82, 2.24) is 30.4 Å². The first kappa shape index (κ1) is 56.4. The highest BCUT2D eigenvalue weighted by Crippen LogP contribution is 2.39. The number of aliphatic hydroxyl groups excluding tert-OH is 1. The number of hydrogen-bond acceptors (Lipinski definition) is 12.